The van der Waals surface area contributed by atoms with Gasteiger partial charge in [-0.3, -0.25) is 19.5 Å². The van der Waals surface area contributed by atoms with E-state index in [0.29, 0.717) is 32.1 Å². The first-order valence-corrected chi connectivity index (χ1v) is 15.6. The first-order chi connectivity index (χ1) is 22.9. The van der Waals surface area contributed by atoms with Gasteiger partial charge in [-0.25, -0.2) is 9.79 Å². The van der Waals surface area contributed by atoms with E-state index in [0.717, 1.165) is 16.7 Å². The van der Waals surface area contributed by atoms with Crippen molar-refractivity contribution < 1.29 is 23.9 Å². The summed E-state index contributed by atoms with van der Waals surface area (Å²) in [4.78, 5) is 43.5. The molecule has 1 atom stereocenters. The van der Waals surface area contributed by atoms with E-state index in [1.165, 1.54) is 23.5 Å². The van der Waals surface area contributed by atoms with E-state index in [1.807, 2.05) is 60.7 Å². The quantitative estimate of drug-likeness (QED) is 0.113. The van der Waals surface area contributed by atoms with E-state index in [9.17, 15) is 19.7 Å². The number of nitro groups is 1. The van der Waals surface area contributed by atoms with Crippen molar-refractivity contribution in [2.24, 2.45) is 4.99 Å². The van der Waals surface area contributed by atoms with Crippen molar-refractivity contribution in [1.82, 2.24) is 4.57 Å². The summed E-state index contributed by atoms with van der Waals surface area (Å²) in [6.07, 6.45) is 1.78. The number of rotatable bonds is 10. The second-order valence-corrected chi connectivity index (χ2v) is 11.5. The summed E-state index contributed by atoms with van der Waals surface area (Å²) in [5.41, 5.74) is 3.40. The van der Waals surface area contributed by atoms with Crippen LogP contribution in [-0.4, -0.2) is 29.2 Å². The maximum atomic E-state index is 14.1. The smallest absolute Gasteiger partial charge is 0.338 e. The summed E-state index contributed by atoms with van der Waals surface area (Å²) in [5, 5.41) is 10.9. The number of thiazole rings is 1. The number of hydrogen-bond acceptors (Lipinski definition) is 9. The molecule has 0 amide bonds. The first kappa shape index (κ1) is 31.2. The molecule has 6 rings (SSSR count). The van der Waals surface area contributed by atoms with Crippen LogP contribution in [0.25, 0.3) is 11.8 Å². The minimum Gasteiger partial charge on any atom is -0.497 e. The van der Waals surface area contributed by atoms with Gasteiger partial charge in [0.15, 0.2) is 4.80 Å². The Kier molecular flexibility index (Phi) is 9.07. The van der Waals surface area contributed by atoms with Gasteiger partial charge < -0.3 is 14.2 Å². The van der Waals surface area contributed by atoms with E-state index in [1.54, 1.807) is 55.0 Å². The summed E-state index contributed by atoms with van der Waals surface area (Å²) >= 11 is 1.24. The second-order valence-electron chi connectivity index (χ2n) is 10.5. The van der Waals surface area contributed by atoms with Crippen LogP contribution in [0, 0.1) is 10.1 Å². The van der Waals surface area contributed by atoms with Crippen molar-refractivity contribution in [3.05, 3.63) is 161 Å². The zero-order chi connectivity index (χ0) is 32.9. The number of ether oxygens (including phenoxy) is 3. The highest BCUT2D eigenvalue weighted by Gasteiger charge is 2.35. The Hall–Kier alpha value is -5.81. The summed E-state index contributed by atoms with van der Waals surface area (Å²) in [6, 6.07) is 29.3. The predicted molar refractivity (Wildman–Crippen MR) is 178 cm³/mol. The Morgan fingerprint density at radius 3 is 2.40 bits per heavy atom. The van der Waals surface area contributed by atoms with Crippen LogP contribution in [0.3, 0.4) is 0 Å². The minimum atomic E-state index is -0.812. The molecule has 0 spiro atoms. The lowest BCUT2D eigenvalue weighted by Crippen LogP contribution is -2.40. The highest BCUT2D eigenvalue weighted by atomic mass is 32.1. The Morgan fingerprint density at radius 2 is 1.72 bits per heavy atom. The maximum Gasteiger partial charge on any atom is 0.338 e. The Bertz CT molecular complexity index is 2150. The van der Waals surface area contributed by atoms with Crippen LogP contribution >= 0.6 is 11.3 Å². The van der Waals surface area contributed by atoms with Gasteiger partial charge in [-0.05, 0) is 66.1 Å². The Balaban J connectivity index is 1.40. The molecule has 2 heterocycles. The van der Waals surface area contributed by atoms with Crippen molar-refractivity contribution in [2.75, 3.05) is 13.7 Å². The van der Waals surface area contributed by atoms with Gasteiger partial charge in [0.05, 0.1) is 40.5 Å². The van der Waals surface area contributed by atoms with E-state index >= 15 is 0 Å². The largest absolute Gasteiger partial charge is 0.497 e. The van der Waals surface area contributed by atoms with Crippen LogP contribution < -0.4 is 24.4 Å². The molecule has 1 aromatic heterocycles. The molecule has 0 saturated carbocycles. The molecule has 10 nitrogen and oxygen atoms in total. The lowest BCUT2D eigenvalue weighted by Gasteiger charge is -2.26. The van der Waals surface area contributed by atoms with Crippen LogP contribution in [0.2, 0.25) is 0 Å². The number of nitro benzene ring substituents is 1. The van der Waals surface area contributed by atoms with Gasteiger partial charge in [0.1, 0.15) is 18.1 Å². The second kappa shape index (κ2) is 13.7. The maximum absolute atomic E-state index is 14.1. The molecule has 0 N–H and O–H groups in total. The topological polar surface area (TPSA) is 122 Å². The number of nitrogens with zero attached hydrogens (tertiary/aromatic N) is 3. The average Bonchev–Trinajstić information content (AvgIpc) is 3.41. The summed E-state index contributed by atoms with van der Waals surface area (Å²) in [5.74, 6) is 0.634. The third kappa shape index (κ3) is 6.61. The number of non-ortho nitro benzene ring substituents is 1. The van der Waals surface area contributed by atoms with Gasteiger partial charge in [-0.15, -0.1) is 0 Å². The highest BCUT2D eigenvalue weighted by molar-refractivity contribution is 7.07. The monoisotopic (exact) mass is 647 g/mol. The third-order valence-electron chi connectivity index (χ3n) is 7.51. The molecule has 0 saturated heterocycles. The summed E-state index contributed by atoms with van der Waals surface area (Å²) < 4.78 is 18.9. The number of carbonyl (C=O) groups excluding carboxylic acids is 1. The SMILES string of the molecule is CCOC(=O)C1=C(c2ccccc2)N=c2s/c(=C\c3ccc(OCc4ccc([N+](=O)[O-])cc4)cc3)c(=O)n2[C@@H]1c1cccc(OC)c1. The fourth-order valence-electron chi connectivity index (χ4n) is 5.26. The van der Waals surface area contributed by atoms with Crippen molar-refractivity contribution in [1.29, 1.82) is 0 Å². The van der Waals surface area contributed by atoms with E-state index in [4.69, 9.17) is 19.2 Å². The molecular weight excluding hydrogens is 618 g/mol. The van der Waals surface area contributed by atoms with Crippen molar-refractivity contribution in [3.8, 4) is 11.5 Å². The zero-order valence-corrected chi connectivity index (χ0v) is 26.3. The van der Waals surface area contributed by atoms with Gasteiger partial charge >= 0.3 is 5.97 Å². The molecule has 47 heavy (non-hydrogen) atoms. The normalized spacial score (nSPS) is 14.3. The highest BCUT2D eigenvalue weighted by Crippen LogP contribution is 2.36. The molecule has 11 heteroatoms. The van der Waals surface area contributed by atoms with E-state index in [-0.39, 0.29) is 30.0 Å². The van der Waals surface area contributed by atoms with Crippen molar-refractivity contribution in [2.45, 2.75) is 19.6 Å². The fraction of sp³-hybridized carbons (Fsp3) is 0.139. The average molecular weight is 648 g/mol. The number of fused-ring (bicyclic) bond motifs is 1. The minimum absolute atomic E-state index is 0.0200. The van der Waals surface area contributed by atoms with Gasteiger partial charge in [0.2, 0.25) is 0 Å². The first-order valence-electron chi connectivity index (χ1n) is 14.7. The van der Waals surface area contributed by atoms with Crippen LogP contribution in [0.1, 0.15) is 35.2 Å². The Labute approximate surface area is 273 Å². The van der Waals surface area contributed by atoms with Gasteiger partial charge in [0, 0.05) is 17.7 Å². The summed E-state index contributed by atoms with van der Waals surface area (Å²) in [6.45, 7) is 2.14. The molecule has 4 aromatic carbocycles. The van der Waals surface area contributed by atoms with Gasteiger partial charge in [0.25, 0.3) is 11.2 Å². The van der Waals surface area contributed by atoms with Crippen LogP contribution in [0.5, 0.6) is 11.5 Å². The number of methoxy groups -OCH3 is 1. The molecule has 5 aromatic rings. The van der Waals surface area contributed by atoms with Crippen molar-refractivity contribution in [3.63, 3.8) is 0 Å². The molecule has 1 aliphatic rings. The number of hydrogen-bond donors (Lipinski definition) is 0. The predicted octanol–water partition coefficient (Wildman–Crippen LogP) is 5.43. The zero-order valence-electron chi connectivity index (χ0n) is 25.5. The number of esters is 1. The number of aromatic nitrogens is 1. The molecule has 0 fully saturated rings. The molecule has 0 bridgehead atoms. The van der Waals surface area contributed by atoms with E-state index in [2.05, 4.69) is 0 Å². The number of carbonyl (C=O) groups is 1. The molecule has 0 aliphatic carbocycles. The van der Waals surface area contributed by atoms with Gasteiger partial charge in [-0.1, -0.05) is 65.9 Å². The fourth-order valence-corrected chi connectivity index (χ4v) is 6.26. The third-order valence-corrected chi connectivity index (χ3v) is 8.50. The Morgan fingerprint density at radius 1 is 0.979 bits per heavy atom. The van der Waals surface area contributed by atoms with Crippen LogP contribution in [0.4, 0.5) is 5.69 Å². The molecule has 0 radical (unpaired) electrons. The van der Waals surface area contributed by atoms with Crippen LogP contribution in [-0.2, 0) is 16.1 Å². The lowest BCUT2D eigenvalue weighted by atomic mass is 9.93. The molecule has 0 unspecified atom stereocenters. The van der Waals surface area contributed by atoms with Crippen LogP contribution in [0.15, 0.2) is 118 Å². The summed E-state index contributed by atoms with van der Waals surface area (Å²) in [7, 11) is 1.56. The molecular formula is C36H29N3O7S. The van der Waals surface area contributed by atoms with Crippen molar-refractivity contribution >= 4 is 34.8 Å². The lowest BCUT2D eigenvalue weighted by molar-refractivity contribution is -0.384. The van der Waals surface area contributed by atoms with Gasteiger partial charge in [-0.2, -0.15) is 0 Å². The number of benzene rings is 4. The van der Waals surface area contributed by atoms with E-state index < -0.39 is 16.9 Å². The molecule has 236 valence electrons. The standard InChI is InChI=1S/C36H29N3O7S/c1-3-45-35(41)31-32(25-8-5-4-6-9-25)37-36-38(33(31)26-10-7-11-29(21-26)44-2)34(40)30(47-36)20-23-14-18-28(19-15-23)46-22-24-12-16-27(17-13-24)39(42)43/h4-21,33H,3,22H2,1-2H3/b30-20-/t33-/m1/s1. The molecule has 1 aliphatic heterocycles.